The molecule has 22 heavy (non-hydrogen) atoms. The number of esters is 1. The second-order valence-corrected chi connectivity index (χ2v) is 3.95. The van der Waals surface area contributed by atoms with Crippen LogP contribution in [-0.4, -0.2) is 25.1 Å². The van der Waals surface area contributed by atoms with Crippen molar-refractivity contribution in [2.75, 3.05) is 13.2 Å². The van der Waals surface area contributed by atoms with Gasteiger partial charge in [0.25, 0.3) is 5.91 Å². The summed E-state index contributed by atoms with van der Waals surface area (Å²) >= 11 is 0. The highest BCUT2D eigenvalue weighted by molar-refractivity contribution is 5.94. The Balaban J connectivity index is 2.58. The zero-order valence-electron chi connectivity index (χ0n) is 12.4. The van der Waals surface area contributed by atoms with E-state index in [-0.39, 0.29) is 12.2 Å². The summed E-state index contributed by atoms with van der Waals surface area (Å²) in [4.78, 5) is 23.2. The monoisotopic (exact) mass is 303 g/mol. The minimum atomic E-state index is -0.757. The topological polar surface area (TPSA) is 100 Å². The van der Waals surface area contributed by atoms with Gasteiger partial charge < -0.3 is 14.9 Å². The van der Waals surface area contributed by atoms with Gasteiger partial charge in [-0.15, -0.1) is 0 Å². The van der Waals surface area contributed by atoms with Gasteiger partial charge in [0, 0.05) is 11.8 Å². The SMILES string of the molecule is CCOC(=O)/C(C#N)=C/NNC(=O)c1ccc(OCC)cc1. The Kier molecular flexibility index (Phi) is 6.99. The molecule has 0 aromatic heterocycles. The van der Waals surface area contributed by atoms with Crippen molar-refractivity contribution in [3.63, 3.8) is 0 Å². The van der Waals surface area contributed by atoms with Crippen LogP contribution in [0.5, 0.6) is 5.75 Å². The van der Waals surface area contributed by atoms with Gasteiger partial charge in [-0.25, -0.2) is 4.79 Å². The van der Waals surface area contributed by atoms with Gasteiger partial charge in [0.05, 0.1) is 13.2 Å². The van der Waals surface area contributed by atoms with Gasteiger partial charge in [0.15, 0.2) is 5.57 Å². The van der Waals surface area contributed by atoms with Crippen molar-refractivity contribution in [2.45, 2.75) is 13.8 Å². The standard InChI is InChI=1S/C15H17N3O4/c1-3-21-13-7-5-11(6-8-13)14(19)18-17-10-12(9-16)15(20)22-4-2/h5-8,10,17H,3-4H2,1-2H3,(H,18,19)/b12-10+. The molecule has 0 aliphatic heterocycles. The highest BCUT2D eigenvalue weighted by Crippen LogP contribution is 2.11. The summed E-state index contributed by atoms with van der Waals surface area (Å²) in [5.74, 6) is -0.505. The van der Waals surface area contributed by atoms with E-state index in [0.29, 0.717) is 17.9 Å². The molecule has 0 bridgehead atoms. The normalized spacial score (nSPS) is 10.3. The number of amides is 1. The van der Waals surface area contributed by atoms with Crippen molar-refractivity contribution in [1.29, 1.82) is 5.26 Å². The summed E-state index contributed by atoms with van der Waals surface area (Å²) in [6, 6.07) is 8.23. The minimum Gasteiger partial charge on any atom is -0.494 e. The number of hydrogen-bond donors (Lipinski definition) is 2. The molecule has 0 atom stereocenters. The molecule has 116 valence electrons. The molecule has 0 heterocycles. The van der Waals surface area contributed by atoms with Crippen LogP contribution in [0.15, 0.2) is 36.0 Å². The molecular formula is C15H17N3O4. The summed E-state index contributed by atoms with van der Waals surface area (Å²) < 4.78 is 9.95. The predicted molar refractivity (Wildman–Crippen MR) is 78.5 cm³/mol. The highest BCUT2D eigenvalue weighted by atomic mass is 16.5. The largest absolute Gasteiger partial charge is 0.494 e. The van der Waals surface area contributed by atoms with Crippen LogP contribution in [0.3, 0.4) is 0 Å². The number of nitrogens with zero attached hydrogens (tertiary/aromatic N) is 1. The zero-order valence-corrected chi connectivity index (χ0v) is 12.4. The number of rotatable bonds is 7. The molecule has 7 heteroatoms. The molecule has 1 rings (SSSR count). The molecule has 0 spiro atoms. The van der Waals surface area contributed by atoms with Gasteiger partial charge in [-0.1, -0.05) is 0 Å². The third kappa shape index (κ3) is 5.17. The van der Waals surface area contributed by atoms with Crippen molar-refractivity contribution < 1.29 is 19.1 Å². The summed E-state index contributed by atoms with van der Waals surface area (Å²) in [6.07, 6.45) is 1.07. The molecule has 0 aliphatic rings. The Morgan fingerprint density at radius 1 is 1.23 bits per heavy atom. The van der Waals surface area contributed by atoms with E-state index in [1.807, 2.05) is 6.92 Å². The van der Waals surface area contributed by atoms with Crippen molar-refractivity contribution in [1.82, 2.24) is 10.9 Å². The Hall–Kier alpha value is -3.01. The van der Waals surface area contributed by atoms with Crippen molar-refractivity contribution >= 4 is 11.9 Å². The first-order chi connectivity index (χ1) is 10.6. The molecule has 1 aromatic rings. The lowest BCUT2D eigenvalue weighted by molar-refractivity contribution is -0.138. The van der Waals surface area contributed by atoms with Gasteiger partial charge in [-0.2, -0.15) is 5.26 Å². The van der Waals surface area contributed by atoms with Crippen LogP contribution in [-0.2, 0) is 9.53 Å². The van der Waals surface area contributed by atoms with Gasteiger partial charge in [0.1, 0.15) is 11.8 Å². The van der Waals surface area contributed by atoms with Crippen LogP contribution in [0.2, 0.25) is 0 Å². The quantitative estimate of drug-likeness (QED) is 0.341. The van der Waals surface area contributed by atoms with Crippen LogP contribution in [0, 0.1) is 11.3 Å². The summed E-state index contributed by atoms with van der Waals surface area (Å²) in [5.41, 5.74) is 4.90. The number of benzene rings is 1. The Labute approximate surface area is 128 Å². The number of nitrogens with one attached hydrogen (secondary N) is 2. The van der Waals surface area contributed by atoms with Crippen LogP contribution in [0.4, 0.5) is 0 Å². The number of hydrogen-bond acceptors (Lipinski definition) is 6. The Bertz CT molecular complexity index is 588. The average Bonchev–Trinajstić information content (AvgIpc) is 2.52. The van der Waals surface area contributed by atoms with Crippen molar-refractivity contribution in [3.05, 3.63) is 41.6 Å². The third-order valence-electron chi connectivity index (χ3n) is 2.45. The van der Waals surface area contributed by atoms with E-state index in [4.69, 9.17) is 10.00 Å². The van der Waals surface area contributed by atoms with Crippen LogP contribution < -0.4 is 15.6 Å². The van der Waals surface area contributed by atoms with Crippen molar-refractivity contribution in [3.8, 4) is 11.8 Å². The molecule has 7 nitrogen and oxygen atoms in total. The molecule has 0 radical (unpaired) electrons. The molecule has 2 N–H and O–H groups in total. The van der Waals surface area contributed by atoms with Gasteiger partial charge in [-0.05, 0) is 38.1 Å². The number of ether oxygens (including phenoxy) is 2. The maximum Gasteiger partial charge on any atom is 0.350 e. The average molecular weight is 303 g/mol. The maximum absolute atomic E-state index is 11.8. The molecule has 1 aromatic carbocycles. The predicted octanol–water partition coefficient (Wildman–Crippen LogP) is 1.29. The molecular weight excluding hydrogens is 286 g/mol. The number of carbonyl (C=O) groups is 2. The lowest BCUT2D eigenvalue weighted by atomic mass is 10.2. The summed E-state index contributed by atoms with van der Waals surface area (Å²) in [7, 11) is 0. The van der Waals surface area contributed by atoms with Gasteiger partial charge >= 0.3 is 5.97 Å². The summed E-state index contributed by atoms with van der Waals surface area (Å²) in [6.45, 7) is 4.21. The van der Waals surface area contributed by atoms with Crippen LogP contribution in [0.25, 0.3) is 0 Å². The van der Waals surface area contributed by atoms with Crippen molar-refractivity contribution in [2.24, 2.45) is 0 Å². The van der Waals surface area contributed by atoms with Crippen LogP contribution >= 0.6 is 0 Å². The lowest BCUT2D eigenvalue weighted by Crippen LogP contribution is -2.34. The second-order valence-electron chi connectivity index (χ2n) is 3.95. The third-order valence-corrected chi connectivity index (χ3v) is 2.45. The maximum atomic E-state index is 11.8. The molecule has 0 saturated carbocycles. The van der Waals surface area contributed by atoms with E-state index in [1.54, 1.807) is 37.3 Å². The van der Waals surface area contributed by atoms with Crippen LogP contribution in [0.1, 0.15) is 24.2 Å². The molecule has 0 saturated heterocycles. The molecule has 0 unspecified atom stereocenters. The van der Waals surface area contributed by atoms with E-state index in [2.05, 4.69) is 15.6 Å². The molecule has 0 aliphatic carbocycles. The number of carbonyl (C=O) groups excluding carboxylic acids is 2. The fourth-order valence-electron chi connectivity index (χ4n) is 1.46. The first kappa shape index (κ1) is 17.0. The minimum absolute atomic E-state index is 0.163. The number of nitriles is 1. The van der Waals surface area contributed by atoms with E-state index < -0.39 is 11.9 Å². The van der Waals surface area contributed by atoms with Gasteiger partial charge in [-0.3, -0.25) is 10.2 Å². The number of hydrazine groups is 1. The van der Waals surface area contributed by atoms with E-state index in [9.17, 15) is 9.59 Å². The first-order valence-electron chi connectivity index (χ1n) is 6.68. The van der Waals surface area contributed by atoms with E-state index >= 15 is 0 Å². The smallest absolute Gasteiger partial charge is 0.350 e. The Morgan fingerprint density at radius 2 is 1.91 bits per heavy atom. The fraction of sp³-hybridized carbons (Fsp3) is 0.267. The van der Waals surface area contributed by atoms with E-state index in [1.165, 1.54) is 0 Å². The van der Waals surface area contributed by atoms with E-state index in [0.717, 1.165) is 6.20 Å². The Morgan fingerprint density at radius 3 is 2.45 bits per heavy atom. The highest BCUT2D eigenvalue weighted by Gasteiger charge is 2.10. The summed E-state index contributed by atoms with van der Waals surface area (Å²) in [5, 5.41) is 8.80. The lowest BCUT2D eigenvalue weighted by Gasteiger charge is -2.07. The van der Waals surface area contributed by atoms with Gasteiger partial charge in [0.2, 0.25) is 0 Å². The molecule has 0 fully saturated rings. The first-order valence-corrected chi connectivity index (χ1v) is 6.68. The second kappa shape index (κ2) is 9.02. The fourth-order valence-corrected chi connectivity index (χ4v) is 1.46. The zero-order chi connectivity index (χ0) is 16.4. The molecule has 1 amide bonds.